The summed E-state index contributed by atoms with van der Waals surface area (Å²) in [6, 6.07) is 4.97. The van der Waals surface area contributed by atoms with E-state index in [1.165, 1.54) is 0 Å². The Morgan fingerprint density at radius 1 is 1.54 bits per heavy atom. The van der Waals surface area contributed by atoms with E-state index in [9.17, 15) is 4.79 Å². The molecule has 2 rings (SSSR count). The van der Waals surface area contributed by atoms with Crippen LogP contribution in [0.5, 0.6) is 5.75 Å². The Bertz CT molecular complexity index is 349. The second kappa shape index (κ2) is 3.30. The molecule has 0 radical (unpaired) electrons. The second-order valence-corrected chi connectivity index (χ2v) is 3.80. The smallest absolute Gasteiger partial charge is 0.335 e. The van der Waals surface area contributed by atoms with Gasteiger partial charge in [0.05, 0.1) is 12.2 Å². The van der Waals surface area contributed by atoms with E-state index in [0.717, 1.165) is 10.6 Å². The summed E-state index contributed by atoms with van der Waals surface area (Å²) in [6.45, 7) is 0.654. The van der Waals surface area contributed by atoms with Gasteiger partial charge in [-0.2, -0.15) is 0 Å². The quantitative estimate of drug-likeness (QED) is 0.744. The van der Waals surface area contributed by atoms with Crippen LogP contribution < -0.4 is 4.74 Å². The predicted octanol–water partition coefficient (Wildman–Crippen LogP) is 1.87. The molecule has 1 aliphatic heterocycles. The van der Waals surface area contributed by atoms with Gasteiger partial charge in [0.15, 0.2) is 0 Å². The van der Waals surface area contributed by atoms with Gasteiger partial charge in [0.25, 0.3) is 0 Å². The van der Waals surface area contributed by atoms with E-state index in [1.807, 2.05) is 0 Å². The zero-order valence-corrected chi connectivity index (χ0v) is 7.63. The van der Waals surface area contributed by atoms with Crippen molar-refractivity contribution in [2.24, 2.45) is 0 Å². The van der Waals surface area contributed by atoms with Gasteiger partial charge in [-0.3, -0.25) is 0 Å². The molecular formula is C9H8O3S. The summed E-state index contributed by atoms with van der Waals surface area (Å²) in [6.07, 6.45) is 0. The van der Waals surface area contributed by atoms with Gasteiger partial charge in [-0.05, 0) is 18.2 Å². The van der Waals surface area contributed by atoms with E-state index in [-0.39, 0.29) is 5.56 Å². The Labute approximate surface area is 79.7 Å². The molecule has 1 aliphatic rings. The first kappa shape index (κ1) is 8.44. The van der Waals surface area contributed by atoms with Crippen molar-refractivity contribution >= 4 is 17.7 Å². The van der Waals surface area contributed by atoms with Crippen molar-refractivity contribution in [1.29, 1.82) is 0 Å². The summed E-state index contributed by atoms with van der Waals surface area (Å²) in [5, 5.41) is 8.72. The lowest BCUT2D eigenvalue weighted by molar-refractivity contribution is 0.0696. The van der Waals surface area contributed by atoms with Crippen LogP contribution in [0.2, 0.25) is 0 Å². The minimum atomic E-state index is -0.915. The third-order valence-electron chi connectivity index (χ3n) is 1.79. The van der Waals surface area contributed by atoms with Crippen LogP contribution in [0.25, 0.3) is 0 Å². The van der Waals surface area contributed by atoms with Gasteiger partial charge in [-0.15, -0.1) is 11.8 Å². The molecular weight excluding hydrogens is 188 g/mol. The topological polar surface area (TPSA) is 46.5 Å². The number of rotatable bonds is 1. The highest BCUT2D eigenvalue weighted by Gasteiger charge is 2.13. The molecule has 1 N–H and O–H groups in total. The van der Waals surface area contributed by atoms with Gasteiger partial charge in [-0.25, -0.2) is 4.79 Å². The molecule has 0 aliphatic carbocycles. The lowest BCUT2D eigenvalue weighted by Crippen LogP contribution is -2.07. The largest absolute Gasteiger partial charge is 0.492 e. The predicted molar refractivity (Wildman–Crippen MR) is 49.6 cm³/mol. The Morgan fingerprint density at radius 2 is 2.38 bits per heavy atom. The zero-order valence-electron chi connectivity index (χ0n) is 6.82. The fourth-order valence-electron chi connectivity index (χ4n) is 1.18. The van der Waals surface area contributed by atoms with Gasteiger partial charge in [-0.1, -0.05) is 0 Å². The number of hydrogen-bond acceptors (Lipinski definition) is 3. The Balaban J connectivity index is 2.40. The number of carbonyl (C=O) groups is 1. The molecule has 4 heteroatoms. The molecule has 0 aromatic heterocycles. The zero-order chi connectivity index (χ0) is 9.26. The van der Waals surface area contributed by atoms with Gasteiger partial charge in [0.1, 0.15) is 5.75 Å². The number of ether oxygens (including phenoxy) is 1. The molecule has 0 unspecified atom stereocenters. The van der Waals surface area contributed by atoms with Crippen LogP contribution in [0.3, 0.4) is 0 Å². The van der Waals surface area contributed by atoms with Crippen molar-refractivity contribution in [2.45, 2.75) is 4.90 Å². The van der Waals surface area contributed by atoms with E-state index < -0.39 is 5.97 Å². The second-order valence-electron chi connectivity index (χ2n) is 2.66. The van der Waals surface area contributed by atoms with E-state index in [2.05, 4.69) is 0 Å². The molecule has 3 nitrogen and oxygen atoms in total. The van der Waals surface area contributed by atoms with E-state index in [0.29, 0.717) is 12.4 Å². The minimum Gasteiger partial charge on any atom is -0.492 e. The Morgan fingerprint density at radius 3 is 3.15 bits per heavy atom. The van der Waals surface area contributed by atoms with Gasteiger partial charge >= 0.3 is 5.97 Å². The lowest BCUT2D eigenvalue weighted by atomic mass is 10.2. The van der Waals surface area contributed by atoms with Crippen molar-refractivity contribution in [3.05, 3.63) is 23.8 Å². The van der Waals surface area contributed by atoms with Crippen LogP contribution in [0.4, 0.5) is 0 Å². The number of carboxylic acid groups (broad SMARTS) is 1. The van der Waals surface area contributed by atoms with Crippen LogP contribution in [0.15, 0.2) is 23.1 Å². The standard InChI is InChI=1S/C9H8O3S/c10-9(11)6-1-2-8-7(5-6)12-3-4-13-8/h1-2,5H,3-4H2,(H,10,11). The summed E-state index contributed by atoms with van der Waals surface area (Å²) >= 11 is 1.69. The van der Waals surface area contributed by atoms with Crippen LogP contribution in [0.1, 0.15) is 10.4 Å². The number of aromatic carboxylic acids is 1. The molecule has 0 atom stereocenters. The number of hydrogen-bond donors (Lipinski definition) is 1. The summed E-state index contributed by atoms with van der Waals surface area (Å²) in [7, 11) is 0. The fraction of sp³-hybridized carbons (Fsp3) is 0.222. The minimum absolute atomic E-state index is 0.279. The van der Waals surface area contributed by atoms with E-state index >= 15 is 0 Å². The normalized spacial score (nSPS) is 14.5. The number of benzene rings is 1. The molecule has 0 bridgehead atoms. The third kappa shape index (κ3) is 1.62. The number of thioether (sulfide) groups is 1. The molecule has 0 amide bonds. The van der Waals surface area contributed by atoms with Crippen molar-refractivity contribution < 1.29 is 14.6 Å². The van der Waals surface area contributed by atoms with Gasteiger partial charge in [0.2, 0.25) is 0 Å². The van der Waals surface area contributed by atoms with Crippen molar-refractivity contribution in [2.75, 3.05) is 12.4 Å². The van der Waals surface area contributed by atoms with Crippen LogP contribution >= 0.6 is 11.8 Å². The molecule has 13 heavy (non-hydrogen) atoms. The highest BCUT2D eigenvalue weighted by Crippen LogP contribution is 2.33. The first-order chi connectivity index (χ1) is 6.27. The Hall–Kier alpha value is -1.16. The highest BCUT2D eigenvalue weighted by atomic mass is 32.2. The molecule has 68 valence electrons. The molecule has 0 fully saturated rings. The first-order valence-electron chi connectivity index (χ1n) is 3.90. The molecule has 0 saturated heterocycles. The number of carboxylic acids is 1. The summed E-state index contributed by atoms with van der Waals surface area (Å²) in [5.41, 5.74) is 0.279. The lowest BCUT2D eigenvalue weighted by Gasteiger charge is -2.16. The van der Waals surface area contributed by atoms with Crippen LogP contribution in [-0.4, -0.2) is 23.4 Å². The highest BCUT2D eigenvalue weighted by molar-refractivity contribution is 7.99. The van der Waals surface area contributed by atoms with Crippen molar-refractivity contribution in [3.8, 4) is 5.75 Å². The van der Waals surface area contributed by atoms with Gasteiger partial charge in [0, 0.05) is 10.6 Å². The monoisotopic (exact) mass is 196 g/mol. The van der Waals surface area contributed by atoms with Gasteiger partial charge < -0.3 is 9.84 Å². The third-order valence-corrected chi connectivity index (χ3v) is 2.81. The fourth-order valence-corrected chi connectivity index (χ4v) is 1.99. The Kier molecular flexibility index (Phi) is 2.14. The maximum atomic E-state index is 10.6. The first-order valence-corrected chi connectivity index (χ1v) is 4.89. The molecule has 0 saturated carbocycles. The SMILES string of the molecule is O=C(O)c1ccc2c(c1)OCCS2. The summed E-state index contributed by atoms with van der Waals surface area (Å²) in [4.78, 5) is 11.6. The van der Waals surface area contributed by atoms with Crippen LogP contribution in [0, 0.1) is 0 Å². The molecule has 1 aromatic rings. The van der Waals surface area contributed by atoms with Crippen LogP contribution in [-0.2, 0) is 0 Å². The summed E-state index contributed by atoms with van der Waals surface area (Å²) < 4.78 is 5.33. The molecule has 1 aromatic carbocycles. The van der Waals surface area contributed by atoms with E-state index in [4.69, 9.17) is 9.84 Å². The average Bonchev–Trinajstić information content (AvgIpc) is 2.17. The van der Waals surface area contributed by atoms with Crippen molar-refractivity contribution in [1.82, 2.24) is 0 Å². The number of fused-ring (bicyclic) bond motifs is 1. The average molecular weight is 196 g/mol. The summed E-state index contributed by atoms with van der Waals surface area (Å²) in [5.74, 6) is 0.706. The van der Waals surface area contributed by atoms with E-state index in [1.54, 1.807) is 30.0 Å². The molecule has 1 heterocycles. The maximum absolute atomic E-state index is 10.6. The maximum Gasteiger partial charge on any atom is 0.335 e. The van der Waals surface area contributed by atoms with Crippen molar-refractivity contribution in [3.63, 3.8) is 0 Å². The molecule has 0 spiro atoms.